The van der Waals surface area contributed by atoms with Gasteiger partial charge in [0.1, 0.15) is 11.2 Å². The summed E-state index contributed by atoms with van der Waals surface area (Å²) in [6.07, 6.45) is 3.09. The molecule has 38 heavy (non-hydrogen) atoms. The van der Waals surface area contributed by atoms with Crippen LogP contribution in [0.15, 0.2) is 48.7 Å². The van der Waals surface area contributed by atoms with E-state index in [4.69, 9.17) is 21.7 Å². The molecule has 0 aliphatic carbocycles. The number of amides is 1. The number of hydrogen-bond acceptors (Lipinski definition) is 6. The fourth-order valence-electron chi connectivity index (χ4n) is 3.60. The molecule has 1 heterocycles. The van der Waals surface area contributed by atoms with E-state index in [-0.39, 0.29) is 18.0 Å². The number of benzene rings is 1. The number of nitrogens with zero attached hydrogens (tertiary/aromatic N) is 2. The Kier molecular flexibility index (Phi) is 11.5. The molecule has 0 saturated carbocycles. The molecule has 9 heteroatoms. The Bertz CT molecular complexity index is 1060. The number of rotatable bonds is 10. The second-order valence-corrected chi connectivity index (χ2v) is 11.7. The van der Waals surface area contributed by atoms with Gasteiger partial charge in [0.05, 0.1) is 18.2 Å². The average Bonchev–Trinajstić information content (AvgIpc) is 2.80. The first kappa shape index (κ1) is 31.0. The summed E-state index contributed by atoms with van der Waals surface area (Å²) in [5, 5.41) is 6.84. The summed E-state index contributed by atoms with van der Waals surface area (Å²) in [5.41, 5.74) is 1.56. The number of hydrogen-bond donors (Lipinski definition) is 2. The van der Waals surface area contributed by atoms with Crippen molar-refractivity contribution in [2.75, 3.05) is 18.9 Å². The third kappa shape index (κ3) is 12.4. The minimum absolute atomic E-state index is 0.247. The van der Waals surface area contributed by atoms with E-state index >= 15 is 0 Å². The van der Waals surface area contributed by atoms with Crippen molar-refractivity contribution in [1.82, 2.24) is 15.2 Å². The van der Waals surface area contributed by atoms with Crippen LogP contribution in [0.1, 0.15) is 65.6 Å². The second-order valence-electron chi connectivity index (χ2n) is 11.3. The molecule has 1 unspecified atom stereocenters. The van der Waals surface area contributed by atoms with Gasteiger partial charge in [-0.05, 0) is 103 Å². The van der Waals surface area contributed by atoms with Crippen LogP contribution in [-0.4, -0.2) is 51.9 Å². The summed E-state index contributed by atoms with van der Waals surface area (Å²) in [4.78, 5) is 31.2. The van der Waals surface area contributed by atoms with E-state index < -0.39 is 11.2 Å². The lowest BCUT2D eigenvalue weighted by Gasteiger charge is -2.26. The van der Waals surface area contributed by atoms with E-state index in [1.807, 2.05) is 84.0 Å². The fraction of sp³-hybridized carbons (Fsp3) is 0.517. The van der Waals surface area contributed by atoms with Gasteiger partial charge in [-0.2, -0.15) is 0 Å². The number of thiocarbonyl (C=S) groups is 1. The Labute approximate surface area is 232 Å². The third-order valence-electron chi connectivity index (χ3n) is 5.31. The lowest BCUT2D eigenvalue weighted by atomic mass is 9.94. The molecule has 1 atom stereocenters. The highest BCUT2D eigenvalue weighted by Gasteiger charge is 2.26. The van der Waals surface area contributed by atoms with Crippen molar-refractivity contribution in [2.24, 2.45) is 5.92 Å². The molecular weight excluding hydrogens is 500 g/mol. The summed E-state index contributed by atoms with van der Waals surface area (Å²) in [6, 6.07) is 13.6. The van der Waals surface area contributed by atoms with E-state index in [1.165, 1.54) is 0 Å². The topological polar surface area (TPSA) is 92.8 Å². The molecule has 1 aromatic carbocycles. The maximum Gasteiger partial charge on any atom is 0.410 e. The normalized spacial score (nSPS) is 12.3. The zero-order valence-corrected chi connectivity index (χ0v) is 24.5. The highest BCUT2D eigenvalue weighted by Crippen LogP contribution is 2.22. The van der Waals surface area contributed by atoms with Crippen molar-refractivity contribution in [2.45, 2.75) is 78.6 Å². The molecule has 0 bridgehead atoms. The van der Waals surface area contributed by atoms with Gasteiger partial charge in [0, 0.05) is 25.5 Å². The lowest BCUT2D eigenvalue weighted by Crippen LogP contribution is -2.35. The quantitative estimate of drug-likeness (QED) is 0.291. The minimum atomic E-state index is -0.586. The van der Waals surface area contributed by atoms with Gasteiger partial charge in [0.25, 0.3) is 0 Å². The predicted molar refractivity (Wildman–Crippen MR) is 155 cm³/mol. The smallest absolute Gasteiger partial charge is 0.410 e. The number of carbonyl (C=O) groups excluding carboxylic acids is 2. The first-order chi connectivity index (χ1) is 17.7. The van der Waals surface area contributed by atoms with Crippen LogP contribution in [0.5, 0.6) is 0 Å². The highest BCUT2D eigenvalue weighted by atomic mass is 32.1. The lowest BCUT2D eigenvalue weighted by molar-refractivity contribution is -0.160. The van der Waals surface area contributed by atoms with Crippen molar-refractivity contribution >= 4 is 35.1 Å². The number of carbonyl (C=O) groups is 2. The summed E-state index contributed by atoms with van der Waals surface area (Å²) in [6.45, 7) is 12.1. The van der Waals surface area contributed by atoms with Gasteiger partial charge in [-0.1, -0.05) is 18.2 Å². The first-order valence-electron chi connectivity index (χ1n) is 12.9. The van der Waals surface area contributed by atoms with Crippen LogP contribution in [0.4, 0.5) is 10.5 Å². The van der Waals surface area contributed by atoms with Gasteiger partial charge < -0.3 is 25.0 Å². The molecule has 0 fully saturated rings. The summed E-state index contributed by atoms with van der Waals surface area (Å²) < 4.78 is 11.1. The van der Waals surface area contributed by atoms with Crippen molar-refractivity contribution in [1.29, 1.82) is 0 Å². The van der Waals surface area contributed by atoms with Crippen LogP contribution in [0.25, 0.3) is 0 Å². The van der Waals surface area contributed by atoms with Crippen LogP contribution in [-0.2, 0) is 27.2 Å². The number of nitrogens with one attached hydrogen (secondary N) is 2. The van der Waals surface area contributed by atoms with E-state index in [1.54, 1.807) is 18.1 Å². The van der Waals surface area contributed by atoms with Crippen LogP contribution >= 0.6 is 12.2 Å². The molecule has 2 rings (SSSR count). The SMILES string of the molecule is CN(CCCC(Cc1cccc(NC(=S)NCc2ccccn2)c1)C(=O)OC(C)(C)C)C(=O)OC(C)(C)C. The van der Waals surface area contributed by atoms with E-state index in [9.17, 15) is 9.59 Å². The Balaban J connectivity index is 2.00. The number of aromatic nitrogens is 1. The molecule has 2 aromatic rings. The molecule has 8 nitrogen and oxygen atoms in total. The summed E-state index contributed by atoms with van der Waals surface area (Å²) in [5.74, 6) is -0.603. The maximum atomic E-state index is 13.1. The Hall–Kier alpha value is -3.20. The zero-order chi connectivity index (χ0) is 28.3. The largest absolute Gasteiger partial charge is 0.460 e. The Morgan fingerprint density at radius 1 is 1.03 bits per heavy atom. The first-order valence-corrected chi connectivity index (χ1v) is 13.3. The van der Waals surface area contributed by atoms with Crippen molar-refractivity contribution in [3.8, 4) is 0 Å². The standard InChI is InChI=1S/C29H42N4O4S/c1-28(2,3)36-25(34)22(13-11-17-33(7)27(35)37-29(4,5)6)18-21-12-10-15-23(19-21)32-26(38)31-20-24-14-8-9-16-30-24/h8-10,12,14-16,19,22H,11,13,17-18,20H2,1-7H3,(H2,31,32,38). The second kappa shape index (κ2) is 14.1. The average molecular weight is 543 g/mol. The maximum absolute atomic E-state index is 13.1. The van der Waals surface area contributed by atoms with Crippen LogP contribution in [0, 0.1) is 5.92 Å². The van der Waals surface area contributed by atoms with Gasteiger partial charge >= 0.3 is 12.1 Å². The molecule has 1 aromatic heterocycles. The molecule has 208 valence electrons. The van der Waals surface area contributed by atoms with Gasteiger partial charge in [-0.3, -0.25) is 9.78 Å². The minimum Gasteiger partial charge on any atom is -0.460 e. The molecule has 0 saturated heterocycles. The van der Waals surface area contributed by atoms with Gasteiger partial charge in [0.2, 0.25) is 0 Å². The Morgan fingerprint density at radius 3 is 2.37 bits per heavy atom. The summed E-state index contributed by atoms with van der Waals surface area (Å²) >= 11 is 5.44. The molecule has 2 N–H and O–H groups in total. The number of esters is 1. The predicted octanol–water partition coefficient (Wildman–Crippen LogP) is 5.72. The van der Waals surface area contributed by atoms with Crippen LogP contribution in [0.3, 0.4) is 0 Å². The van der Waals surface area contributed by atoms with Crippen molar-refractivity contribution in [3.05, 3.63) is 59.9 Å². The highest BCUT2D eigenvalue weighted by molar-refractivity contribution is 7.80. The molecule has 0 spiro atoms. The van der Waals surface area contributed by atoms with E-state index in [2.05, 4.69) is 15.6 Å². The number of pyridine rings is 1. The molecule has 0 radical (unpaired) electrons. The zero-order valence-electron chi connectivity index (χ0n) is 23.7. The van der Waals surface area contributed by atoms with E-state index in [0.717, 1.165) is 16.9 Å². The van der Waals surface area contributed by atoms with Crippen LogP contribution < -0.4 is 10.6 Å². The number of anilines is 1. The van der Waals surface area contributed by atoms with Crippen molar-refractivity contribution in [3.63, 3.8) is 0 Å². The number of ether oxygens (including phenoxy) is 2. The van der Waals surface area contributed by atoms with Gasteiger partial charge in [-0.15, -0.1) is 0 Å². The molecule has 0 aliphatic heterocycles. The van der Waals surface area contributed by atoms with Crippen LogP contribution in [0.2, 0.25) is 0 Å². The molecule has 0 aliphatic rings. The summed E-state index contributed by atoms with van der Waals surface area (Å²) in [7, 11) is 1.70. The molecular formula is C29H42N4O4S. The fourth-order valence-corrected chi connectivity index (χ4v) is 3.79. The van der Waals surface area contributed by atoms with Gasteiger partial charge in [-0.25, -0.2) is 4.79 Å². The monoisotopic (exact) mass is 542 g/mol. The van der Waals surface area contributed by atoms with Crippen molar-refractivity contribution < 1.29 is 19.1 Å². The van der Waals surface area contributed by atoms with E-state index in [0.29, 0.717) is 37.5 Å². The van der Waals surface area contributed by atoms with Gasteiger partial charge in [0.15, 0.2) is 5.11 Å². The third-order valence-corrected chi connectivity index (χ3v) is 5.56. The molecule has 1 amide bonds. The Morgan fingerprint density at radius 2 is 1.74 bits per heavy atom.